The van der Waals surface area contributed by atoms with E-state index in [2.05, 4.69) is 82.9 Å². The van der Waals surface area contributed by atoms with E-state index < -0.39 is 0 Å². The molecule has 0 amide bonds. The second-order valence-electron chi connectivity index (χ2n) is 9.33. The molecule has 2 aromatic heterocycles. The van der Waals surface area contributed by atoms with Gasteiger partial charge in [0.25, 0.3) is 0 Å². The van der Waals surface area contributed by atoms with Crippen LogP contribution in [0.3, 0.4) is 0 Å². The van der Waals surface area contributed by atoms with Gasteiger partial charge in [-0.15, -0.1) is 0 Å². The summed E-state index contributed by atoms with van der Waals surface area (Å²) in [7, 11) is 1.94. The first-order valence-electron chi connectivity index (χ1n) is 12.9. The molecule has 0 saturated heterocycles. The van der Waals surface area contributed by atoms with Crippen molar-refractivity contribution in [2.45, 2.75) is 39.5 Å². The third-order valence-electron chi connectivity index (χ3n) is 6.69. The maximum atomic E-state index is 4.96. The molecule has 2 heterocycles. The Bertz CT molecular complexity index is 1400. The molecule has 190 valence electrons. The van der Waals surface area contributed by atoms with Crippen molar-refractivity contribution in [2.75, 3.05) is 7.05 Å². The summed E-state index contributed by atoms with van der Waals surface area (Å²) in [5.74, 6) is 1.45. The largest absolute Gasteiger partial charge is 0.388 e. The molecule has 0 aliphatic heterocycles. The lowest BCUT2D eigenvalue weighted by Crippen LogP contribution is -2.12. The van der Waals surface area contributed by atoms with E-state index in [1.807, 2.05) is 39.2 Å². The number of aromatic nitrogens is 3. The monoisotopic (exact) mass is 491 g/mol. The molecule has 5 nitrogen and oxygen atoms in total. The number of allylic oxidation sites excluding steroid dienone is 13. The zero-order chi connectivity index (χ0) is 26.4. The second kappa shape index (κ2) is 11.7. The van der Waals surface area contributed by atoms with E-state index in [1.54, 1.807) is 0 Å². The molecule has 3 N–H and O–H groups in total. The summed E-state index contributed by atoms with van der Waals surface area (Å²) >= 11 is 0. The number of hydrogen-bond acceptors (Lipinski definition) is 4. The van der Waals surface area contributed by atoms with Gasteiger partial charge in [-0.2, -0.15) is 0 Å². The van der Waals surface area contributed by atoms with Gasteiger partial charge in [0.05, 0.1) is 11.2 Å². The van der Waals surface area contributed by atoms with Crippen molar-refractivity contribution < 1.29 is 0 Å². The molecule has 1 saturated carbocycles. The van der Waals surface area contributed by atoms with Crippen molar-refractivity contribution in [3.63, 3.8) is 0 Å². The minimum atomic E-state index is 0.570. The molecule has 0 spiro atoms. The topological polar surface area (TPSA) is 65.6 Å². The van der Waals surface area contributed by atoms with Crippen molar-refractivity contribution in [2.24, 2.45) is 5.92 Å². The number of aromatic amines is 1. The summed E-state index contributed by atoms with van der Waals surface area (Å²) < 4.78 is 0. The molecule has 1 fully saturated rings. The molecule has 0 radical (unpaired) electrons. The summed E-state index contributed by atoms with van der Waals surface area (Å²) in [5, 5.41) is 6.75. The van der Waals surface area contributed by atoms with E-state index in [0.717, 1.165) is 68.4 Å². The first-order chi connectivity index (χ1) is 18.0. The molecule has 0 unspecified atom stereocenters. The molecule has 2 aromatic rings. The minimum Gasteiger partial charge on any atom is -0.388 e. The Balaban J connectivity index is 1.62. The molecule has 37 heavy (non-hydrogen) atoms. The van der Waals surface area contributed by atoms with Gasteiger partial charge in [-0.3, -0.25) is 4.98 Å². The van der Waals surface area contributed by atoms with Crippen molar-refractivity contribution in [3.8, 4) is 0 Å². The van der Waals surface area contributed by atoms with Crippen LogP contribution in [0.1, 0.15) is 44.6 Å². The number of rotatable bonds is 12. The van der Waals surface area contributed by atoms with Crippen LogP contribution in [0.4, 0.5) is 0 Å². The fourth-order valence-corrected chi connectivity index (χ4v) is 4.50. The summed E-state index contributed by atoms with van der Waals surface area (Å²) in [6.07, 6.45) is 22.4. The van der Waals surface area contributed by atoms with Gasteiger partial charge in [0.15, 0.2) is 0 Å². The third-order valence-corrected chi connectivity index (χ3v) is 6.69. The highest BCUT2D eigenvalue weighted by atomic mass is 14.9. The molecule has 2 aliphatic carbocycles. The van der Waals surface area contributed by atoms with Gasteiger partial charge in [-0.1, -0.05) is 50.1 Å². The predicted octanol–water partition coefficient (Wildman–Crippen LogP) is 6.98. The van der Waals surface area contributed by atoms with E-state index in [0.29, 0.717) is 12.3 Å². The van der Waals surface area contributed by atoms with Gasteiger partial charge < -0.3 is 15.6 Å². The van der Waals surface area contributed by atoms with Crippen LogP contribution in [0.2, 0.25) is 0 Å². The fraction of sp³-hybridized carbons (Fsp3) is 0.250. The number of imidazole rings is 1. The van der Waals surface area contributed by atoms with Crippen molar-refractivity contribution in [3.05, 3.63) is 126 Å². The zero-order valence-electron chi connectivity index (χ0n) is 22.2. The highest BCUT2D eigenvalue weighted by Crippen LogP contribution is 2.34. The van der Waals surface area contributed by atoms with E-state index in [-0.39, 0.29) is 0 Å². The quantitative estimate of drug-likeness (QED) is 0.280. The molecular formula is C32H37N5. The fourth-order valence-electron chi connectivity index (χ4n) is 4.50. The highest BCUT2D eigenvalue weighted by Gasteiger charge is 2.24. The molecular weight excluding hydrogens is 454 g/mol. The average Bonchev–Trinajstić information content (AvgIpc) is 3.45. The number of nitrogens with one attached hydrogen (secondary N) is 3. The van der Waals surface area contributed by atoms with Crippen molar-refractivity contribution >= 4 is 16.6 Å². The smallest absolute Gasteiger partial charge is 0.115 e. The maximum absolute atomic E-state index is 4.96. The Labute approximate surface area is 220 Å². The van der Waals surface area contributed by atoms with Crippen molar-refractivity contribution in [1.29, 1.82) is 0 Å². The number of hydrogen-bond donors (Lipinski definition) is 3. The Hall–Kier alpha value is -4.12. The van der Waals surface area contributed by atoms with Gasteiger partial charge in [-0.25, -0.2) is 4.98 Å². The van der Waals surface area contributed by atoms with Gasteiger partial charge in [0, 0.05) is 36.8 Å². The van der Waals surface area contributed by atoms with Crippen LogP contribution >= 0.6 is 0 Å². The van der Waals surface area contributed by atoms with Gasteiger partial charge >= 0.3 is 0 Å². The van der Waals surface area contributed by atoms with E-state index in [1.165, 1.54) is 12.8 Å². The SMILES string of the molecule is C=C/C(=C\C(=C/C)C(=C)/C=C(Cc1nc2c(C3=CCC=C3)nccc2[nH]1)\C(=C/C)NC)NC(=C)C1CC1. The molecule has 0 bridgehead atoms. The number of nitrogens with zero attached hydrogens (tertiary/aromatic N) is 2. The average molecular weight is 492 g/mol. The van der Waals surface area contributed by atoms with Gasteiger partial charge in [0.1, 0.15) is 11.3 Å². The standard InChI is InChI=1S/C32H37N5/c1-7-23(19-27(8-2)35-22(5)24-14-15-24)21(4)18-26(28(9-3)33-6)20-30-36-29-16-17-34-31(32(29)37-30)25-12-10-11-13-25/h7-10,12-13,16-19,24,33,35H,2,4-5,11,14-15,20H2,1,3,6H3,(H,36,37)/b23-7+,26-18-,27-19+,28-9+. The van der Waals surface area contributed by atoms with Crippen LogP contribution in [0.25, 0.3) is 16.6 Å². The lowest BCUT2D eigenvalue weighted by atomic mass is 9.99. The number of likely N-dealkylation sites (N-methyl/N-ethyl adjacent to an activating group) is 1. The highest BCUT2D eigenvalue weighted by molar-refractivity contribution is 5.90. The zero-order valence-corrected chi connectivity index (χ0v) is 22.2. The molecule has 0 atom stereocenters. The van der Waals surface area contributed by atoms with Gasteiger partial charge in [-0.05, 0) is 85.6 Å². The maximum Gasteiger partial charge on any atom is 0.115 e. The minimum absolute atomic E-state index is 0.570. The second-order valence-corrected chi connectivity index (χ2v) is 9.33. The third kappa shape index (κ3) is 6.18. The van der Waals surface area contributed by atoms with Crippen LogP contribution in [0.15, 0.2) is 114 Å². The van der Waals surface area contributed by atoms with Crippen molar-refractivity contribution in [1.82, 2.24) is 25.6 Å². The normalized spacial score (nSPS) is 16.7. The van der Waals surface area contributed by atoms with E-state index >= 15 is 0 Å². The predicted molar refractivity (Wildman–Crippen MR) is 156 cm³/mol. The first kappa shape index (κ1) is 26.0. The van der Waals surface area contributed by atoms with Crippen LogP contribution in [-0.2, 0) is 6.42 Å². The number of pyridine rings is 1. The number of fused-ring (bicyclic) bond motifs is 1. The Morgan fingerprint density at radius 3 is 2.62 bits per heavy atom. The summed E-state index contributed by atoms with van der Waals surface area (Å²) in [6, 6.07) is 1.98. The molecule has 5 heteroatoms. The van der Waals surface area contributed by atoms with Crippen LogP contribution < -0.4 is 10.6 Å². The lowest BCUT2D eigenvalue weighted by molar-refractivity contribution is 0.864. The van der Waals surface area contributed by atoms with Crippen LogP contribution in [0, 0.1) is 5.92 Å². The molecule has 2 aliphatic rings. The first-order valence-corrected chi connectivity index (χ1v) is 12.9. The summed E-state index contributed by atoms with van der Waals surface area (Å²) in [5.41, 5.74) is 9.95. The molecule has 0 aromatic carbocycles. The number of H-pyrrole nitrogens is 1. The Kier molecular flexibility index (Phi) is 8.24. The van der Waals surface area contributed by atoms with Gasteiger partial charge in [0.2, 0.25) is 0 Å². The molecule has 4 rings (SSSR count). The Morgan fingerprint density at radius 1 is 1.19 bits per heavy atom. The summed E-state index contributed by atoms with van der Waals surface area (Å²) in [6.45, 7) is 16.6. The van der Waals surface area contributed by atoms with E-state index in [4.69, 9.17) is 4.98 Å². The Morgan fingerprint density at radius 2 is 2.00 bits per heavy atom. The lowest BCUT2D eigenvalue weighted by Gasteiger charge is -2.14. The summed E-state index contributed by atoms with van der Waals surface area (Å²) in [4.78, 5) is 13.1. The van der Waals surface area contributed by atoms with Crippen LogP contribution in [-0.4, -0.2) is 22.0 Å². The van der Waals surface area contributed by atoms with E-state index in [9.17, 15) is 0 Å². The van der Waals surface area contributed by atoms with Crippen LogP contribution in [0.5, 0.6) is 0 Å².